The molecule has 0 aliphatic heterocycles. The first-order valence-electron chi connectivity index (χ1n) is 5.48. The van der Waals surface area contributed by atoms with Crippen molar-refractivity contribution >= 4 is 12.6 Å². The van der Waals surface area contributed by atoms with Crippen molar-refractivity contribution in [3.8, 4) is 5.75 Å². The SMILES string of the molecule is CCC(N)(S)Oc1cccc(CC(C)N)c1. The van der Waals surface area contributed by atoms with Gasteiger partial charge in [-0.25, -0.2) is 0 Å². The van der Waals surface area contributed by atoms with E-state index in [1.807, 2.05) is 38.1 Å². The Balaban J connectivity index is 2.74. The molecule has 90 valence electrons. The van der Waals surface area contributed by atoms with Crippen LogP contribution in [0, 0.1) is 0 Å². The number of benzene rings is 1. The number of hydrogen-bond donors (Lipinski definition) is 3. The van der Waals surface area contributed by atoms with E-state index in [2.05, 4.69) is 12.6 Å². The predicted octanol–water partition coefficient (Wildman–Crippen LogP) is 1.91. The van der Waals surface area contributed by atoms with Gasteiger partial charge in [0.1, 0.15) is 5.75 Å². The third-order valence-electron chi connectivity index (χ3n) is 2.26. The Kier molecular flexibility index (Phi) is 4.65. The number of ether oxygens (including phenoxy) is 1. The molecule has 0 spiro atoms. The second kappa shape index (κ2) is 5.57. The summed E-state index contributed by atoms with van der Waals surface area (Å²) in [7, 11) is 0. The van der Waals surface area contributed by atoms with Gasteiger partial charge in [0.25, 0.3) is 0 Å². The minimum absolute atomic E-state index is 0.139. The van der Waals surface area contributed by atoms with Crippen molar-refractivity contribution in [2.75, 3.05) is 0 Å². The molecule has 4 N–H and O–H groups in total. The lowest BCUT2D eigenvalue weighted by molar-refractivity contribution is 0.171. The molecule has 0 aliphatic rings. The van der Waals surface area contributed by atoms with Gasteiger partial charge >= 0.3 is 0 Å². The monoisotopic (exact) mass is 240 g/mol. The topological polar surface area (TPSA) is 61.3 Å². The third kappa shape index (κ3) is 4.43. The smallest absolute Gasteiger partial charge is 0.203 e. The fourth-order valence-corrected chi connectivity index (χ4v) is 1.49. The fourth-order valence-electron chi connectivity index (χ4n) is 1.38. The summed E-state index contributed by atoms with van der Waals surface area (Å²) < 4.78 is 5.57. The molecule has 0 saturated heterocycles. The lowest BCUT2D eigenvalue weighted by Gasteiger charge is -2.23. The molecule has 2 unspecified atom stereocenters. The molecule has 0 aromatic heterocycles. The van der Waals surface area contributed by atoms with Crippen LogP contribution < -0.4 is 16.2 Å². The van der Waals surface area contributed by atoms with E-state index in [0.717, 1.165) is 17.7 Å². The minimum Gasteiger partial charge on any atom is -0.464 e. The van der Waals surface area contributed by atoms with Crippen LogP contribution in [0.3, 0.4) is 0 Å². The van der Waals surface area contributed by atoms with E-state index in [1.165, 1.54) is 0 Å². The Morgan fingerprint density at radius 3 is 2.75 bits per heavy atom. The lowest BCUT2D eigenvalue weighted by Crippen LogP contribution is -2.39. The van der Waals surface area contributed by atoms with Gasteiger partial charge in [-0.1, -0.05) is 19.1 Å². The molecule has 0 aliphatic carbocycles. The summed E-state index contributed by atoms with van der Waals surface area (Å²) in [5.41, 5.74) is 12.7. The van der Waals surface area contributed by atoms with Gasteiger partial charge in [0.05, 0.1) is 0 Å². The summed E-state index contributed by atoms with van der Waals surface area (Å²) in [6, 6.07) is 7.93. The Bertz CT molecular complexity index is 340. The molecule has 0 bridgehead atoms. The van der Waals surface area contributed by atoms with Crippen LogP contribution in [0.4, 0.5) is 0 Å². The highest BCUT2D eigenvalue weighted by molar-refractivity contribution is 7.81. The summed E-state index contributed by atoms with van der Waals surface area (Å²) in [6.45, 7) is 3.91. The average Bonchev–Trinajstić information content (AvgIpc) is 2.16. The zero-order valence-corrected chi connectivity index (χ0v) is 10.7. The van der Waals surface area contributed by atoms with Crippen molar-refractivity contribution in [2.24, 2.45) is 11.5 Å². The predicted molar refractivity (Wildman–Crippen MR) is 70.6 cm³/mol. The molecule has 0 heterocycles. The van der Waals surface area contributed by atoms with E-state index in [0.29, 0.717) is 6.42 Å². The summed E-state index contributed by atoms with van der Waals surface area (Å²) in [4.78, 5) is 0. The first-order chi connectivity index (χ1) is 7.43. The standard InChI is InChI=1S/C12H20N2OS/c1-3-12(14,16)15-11-6-4-5-10(8-11)7-9(2)13/h4-6,8-9,16H,3,7,13-14H2,1-2H3. The quantitative estimate of drug-likeness (QED) is 0.544. The van der Waals surface area contributed by atoms with Crippen LogP contribution in [0.25, 0.3) is 0 Å². The molecule has 4 heteroatoms. The van der Waals surface area contributed by atoms with Crippen LogP contribution in [0.2, 0.25) is 0 Å². The Hall–Kier alpha value is -0.710. The van der Waals surface area contributed by atoms with Gasteiger partial charge in [0.2, 0.25) is 5.06 Å². The average molecular weight is 240 g/mol. The Morgan fingerprint density at radius 2 is 2.19 bits per heavy atom. The van der Waals surface area contributed by atoms with E-state index in [9.17, 15) is 0 Å². The normalized spacial score (nSPS) is 16.6. The molecule has 1 aromatic carbocycles. The highest BCUT2D eigenvalue weighted by Gasteiger charge is 2.18. The molecule has 0 saturated carbocycles. The zero-order valence-electron chi connectivity index (χ0n) is 9.81. The van der Waals surface area contributed by atoms with E-state index in [4.69, 9.17) is 16.2 Å². The first kappa shape index (κ1) is 13.4. The van der Waals surface area contributed by atoms with Gasteiger partial charge in [0, 0.05) is 12.5 Å². The molecular formula is C12H20N2OS. The van der Waals surface area contributed by atoms with Crippen LogP contribution in [-0.2, 0) is 6.42 Å². The van der Waals surface area contributed by atoms with Crippen molar-refractivity contribution in [1.29, 1.82) is 0 Å². The van der Waals surface area contributed by atoms with Gasteiger partial charge in [0.15, 0.2) is 0 Å². The maximum atomic E-state index is 5.82. The van der Waals surface area contributed by atoms with Crippen LogP contribution in [-0.4, -0.2) is 11.1 Å². The van der Waals surface area contributed by atoms with Crippen molar-refractivity contribution < 1.29 is 4.74 Å². The van der Waals surface area contributed by atoms with E-state index in [1.54, 1.807) is 0 Å². The number of hydrogen-bond acceptors (Lipinski definition) is 4. The largest absolute Gasteiger partial charge is 0.464 e. The van der Waals surface area contributed by atoms with Crippen molar-refractivity contribution in [1.82, 2.24) is 0 Å². The molecule has 2 atom stereocenters. The Labute approximate surface area is 103 Å². The fraction of sp³-hybridized carbons (Fsp3) is 0.500. The van der Waals surface area contributed by atoms with Gasteiger partial charge in [-0.05, 0) is 31.0 Å². The van der Waals surface area contributed by atoms with Crippen molar-refractivity contribution in [3.63, 3.8) is 0 Å². The van der Waals surface area contributed by atoms with Crippen LogP contribution >= 0.6 is 12.6 Å². The molecule has 3 nitrogen and oxygen atoms in total. The summed E-state index contributed by atoms with van der Waals surface area (Å²) in [5.74, 6) is 0.734. The van der Waals surface area contributed by atoms with Crippen LogP contribution in [0.5, 0.6) is 5.75 Å². The zero-order chi connectivity index (χ0) is 12.2. The molecule has 0 radical (unpaired) electrons. The molecule has 0 fully saturated rings. The van der Waals surface area contributed by atoms with Gasteiger partial charge in [-0.15, -0.1) is 12.6 Å². The van der Waals surface area contributed by atoms with E-state index in [-0.39, 0.29) is 6.04 Å². The van der Waals surface area contributed by atoms with E-state index >= 15 is 0 Å². The Morgan fingerprint density at radius 1 is 1.50 bits per heavy atom. The van der Waals surface area contributed by atoms with Gasteiger partial charge in [-0.3, -0.25) is 5.73 Å². The first-order valence-corrected chi connectivity index (χ1v) is 5.92. The molecule has 0 amide bonds. The van der Waals surface area contributed by atoms with Gasteiger partial charge in [-0.2, -0.15) is 0 Å². The summed E-state index contributed by atoms with van der Waals surface area (Å²) in [6.07, 6.45) is 1.46. The second-order valence-corrected chi connectivity index (χ2v) is 4.89. The lowest BCUT2D eigenvalue weighted by atomic mass is 10.1. The second-order valence-electron chi connectivity index (χ2n) is 4.13. The highest BCUT2D eigenvalue weighted by Crippen LogP contribution is 2.21. The minimum atomic E-state index is -0.910. The van der Waals surface area contributed by atoms with Crippen molar-refractivity contribution in [3.05, 3.63) is 29.8 Å². The highest BCUT2D eigenvalue weighted by atomic mass is 32.1. The number of thiol groups is 1. The van der Waals surface area contributed by atoms with Crippen LogP contribution in [0.15, 0.2) is 24.3 Å². The van der Waals surface area contributed by atoms with E-state index < -0.39 is 5.06 Å². The van der Waals surface area contributed by atoms with Crippen molar-refractivity contribution in [2.45, 2.75) is 37.8 Å². The number of rotatable bonds is 5. The molecule has 16 heavy (non-hydrogen) atoms. The maximum Gasteiger partial charge on any atom is 0.203 e. The molecular weight excluding hydrogens is 220 g/mol. The molecule has 1 rings (SSSR count). The van der Waals surface area contributed by atoms with Crippen LogP contribution in [0.1, 0.15) is 25.8 Å². The third-order valence-corrected chi connectivity index (χ3v) is 2.66. The molecule has 1 aromatic rings. The summed E-state index contributed by atoms with van der Waals surface area (Å²) in [5, 5.41) is -0.910. The number of nitrogens with two attached hydrogens (primary N) is 2. The summed E-state index contributed by atoms with van der Waals surface area (Å²) >= 11 is 4.23. The maximum absolute atomic E-state index is 5.82. The van der Waals surface area contributed by atoms with Gasteiger partial charge < -0.3 is 10.5 Å².